The first-order valence-electron chi connectivity index (χ1n) is 5.54. The Morgan fingerprint density at radius 3 is 3.00 bits per heavy atom. The molecule has 1 heterocycles. The number of nitrogens with zero attached hydrogens (tertiary/aromatic N) is 3. The van der Waals surface area contributed by atoms with Crippen LogP contribution in [0.5, 0.6) is 0 Å². The molecule has 2 rings (SSSR count). The summed E-state index contributed by atoms with van der Waals surface area (Å²) < 4.78 is 14.6. The van der Waals surface area contributed by atoms with Crippen LogP contribution in [-0.2, 0) is 20.0 Å². The Labute approximate surface area is 99.5 Å². The average molecular weight is 234 g/mol. The summed E-state index contributed by atoms with van der Waals surface area (Å²) >= 11 is 0. The summed E-state index contributed by atoms with van der Waals surface area (Å²) in [5.74, 6) is -0.182. The normalized spacial score (nSPS) is 10.7. The minimum Gasteiger partial charge on any atom is -0.311 e. The lowest BCUT2D eigenvalue weighted by Crippen LogP contribution is -2.18. The van der Waals surface area contributed by atoms with Crippen LogP contribution in [0.2, 0.25) is 0 Å². The molecule has 1 aromatic carbocycles. The van der Waals surface area contributed by atoms with Crippen LogP contribution >= 0.6 is 0 Å². The van der Waals surface area contributed by atoms with Gasteiger partial charge in [0.25, 0.3) is 0 Å². The Kier molecular flexibility index (Phi) is 3.82. The van der Waals surface area contributed by atoms with E-state index in [0.717, 1.165) is 30.8 Å². The van der Waals surface area contributed by atoms with Crippen molar-refractivity contribution in [2.45, 2.75) is 13.0 Å². The molecule has 1 N–H and O–H groups in total. The van der Waals surface area contributed by atoms with Gasteiger partial charge < -0.3 is 5.32 Å². The maximum Gasteiger partial charge on any atom is 0.123 e. The number of benzene rings is 1. The molecule has 4 nitrogen and oxygen atoms in total. The highest BCUT2D eigenvalue weighted by molar-refractivity contribution is 5.16. The van der Waals surface area contributed by atoms with Crippen molar-refractivity contribution < 1.29 is 4.39 Å². The zero-order valence-electron chi connectivity index (χ0n) is 9.73. The molecule has 0 spiro atoms. The topological polar surface area (TPSA) is 42.7 Å². The Hall–Kier alpha value is -1.75. The molecule has 0 aliphatic heterocycles. The zero-order valence-corrected chi connectivity index (χ0v) is 9.73. The number of rotatable bonds is 5. The highest BCUT2D eigenvalue weighted by Gasteiger charge is 1.99. The van der Waals surface area contributed by atoms with E-state index in [0.29, 0.717) is 0 Å². The molecule has 2 aromatic rings. The van der Waals surface area contributed by atoms with E-state index in [4.69, 9.17) is 0 Å². The van der Waals surface area contributed by atoms with E-state index in [1.807, 2.05) is 13.1 Å². The van der Waals surface area contributed by atoms with Crippen LogP contribution in [0.1, 0.15) is 11.3 Å². The van der Waals surface area contributed by atoms with E-state index in [-0.39, 0.29) is 5.82 Å². The van der Waals surface area contributed by atoms with Crippen LogP contribution in [0.25, 0.3) is 0 Å². The number of hydrogen-bond acceptors (Lipinski definition) is 3. The SMILES string of the molecule is Cn1nncc1CNCCc1cccc(F)c1. The second-order valence-electron chi connectivity index (χ2n) is 3.91. The summed E-state index contributed by atoms with van der Waals surface area (Å²) in [7, 11) is 1.86. The lowest BCUT2D eigenvalue weighted by Gasteiger charge is -2.04. The lowest BCUT2D eigenvalue weighted by atomic mass is 10.1. The van der Waals surface area contributed by atoms with Gasteiger partial charge in [0.1, 0.15) is 5.82 Å². The second kappa shape index (κ2) is 5.54. The van der Waals surface area contributed by atoms with Crippen LogP contribution in [0, 0.1) is 5.82 Å². The summed E-state index contributed by atoms with van der Waals surface area (Å²) in [5.41, 5.74) is 2.03. The standard InChI is InChI=1S/C12H15FN4/c1-17-12(9-15-16-17)8-14-6-5-10-3-2-4-11(13)7-10/h2-4,7,9,14H,5-6,8H2,1H3. The molecule has 17 heavy (non-hydrogen) atoms. The van der Waals surface area contributed by atoms with Gasteiger partial charge in [-0.25, -0.2) is 4.39 Å². The predicted octanol–water partition coefficient (Wildman–Crippen LogP) is 1.29. The van der Waals surface area contributed by atoms with Crippen molar-refractivity contribution in [2.24, 2.45) is 7.05 Å². The molecule has 0 saturated heterocycles. The molecule has 5 heteroatoms. The molecule has 1 aromatic heterocycles. The quantitative estimate of drug-likeness (QED) is 0.793. The minimum absolute atomic E-state index is 0.182. The Balaban J connectivity index is 1.75. The van der Waals surface area contributed by atoms with Crippen molar-refractivity contribution in [1.82, 2.24) is 20.3 Å². The number of halogens is 1. The van der Waals surface area contributed by atoms with Crippen LogP contribution < -0.4 is 5.32 Å². The maximum atomic E-state index is 12.9. The smallest absolute Gasteiger partial charge is 0.123 e. The molecule has 0 amide bonds. The molecule has 0 aliphatic carbocycles. The molecule has 90 valence electrons. The van der Waals surface area contributed by atoms with Gasteiger partial charge in [0.05, 0.1) is 11.9 Å². The largest absolute Gasteiger partial charge is 0.311 e. The summed E-state index contributed by atoms with van der Waals surface area (Å²) in [6, 6.07) is 6.68. The number of nitrogens with one attached hydrogen (secondary N) is 1. The third-order valence-electron chi connectivity index (χ3n) is 2.59. The fraction of sp³-hybridized carbons (Fsp3) is 0.333. The molecule has 0 aliphatic rings. The van der Waals surface area contributed by atoms with Crippen LogP contribution in [0.4, 0.5) is 4.39 Å². The fourth-order valence-electron chi connectivity index (χ4n) is 1.61. The van der Waals surface area contributed by atoms with Crippen LogP contribution in [0.3, 0.4) is 0 Å². The summed E-state index contributed by atoms with van der Waals surface area (Å²) in [6.45, 7) is 1.52. The predicted molar refractivity (Wildman–Crippen MR) is 62.8 cm³/mol. The first-order valence-corrected chi connectivity index (χ1v) is 5.54. The first-order chi connectivity index (χ1) is 8.25. The lowest BCUT2D eigenvalue weighted by molar-refractivity contribution is 0.610. The summed E-state index contributed by atoms with van der Waals surface area (Å²) in [4.78, 5) is 0. The zero-order chi connectivity index (χ0) is 12.1. The van der Waals surface area contributed by atoms with Gasteiger partial charge in [0.2, 0.25) is 0 Å². The van der Waals surface area contributed by atoms with E-state index in [9.17, 15) is 4.39 Å². The first kappa shape index (κ1) is 11.7. The molecule has 0 unspecified atom stereocenters. The van der Waals surface area contributed by atoms with Crippen molar-refractivity contribution >= 4 is 0 Å². The minimum atomic E-state index is -0.182. The van der Waals surface area contributed by atoms with Gasteiger partial charge >= 0.3 is 0 Å². The Bertz CT molecular complexity index is 481. The Morgan fingerprint density at radius 1 is 1.41 bits per heavy atom. The molecule has 0 saturated carbocycles. The molecular formula is C12H15FN4. The molecule has 0 radical (unpaired) electrons. The third-order valence-corrected chi connectivity index (χ3v) is 2.59. The van der Waals surface area contributed by atoms with Gasteiger partial charge in [-0.15, -0.1) is 5.10 Å². The van der Waals surface area contributed by atoms with Crippen molar-refractivity contribution in [1.29, 1.82) is 0 Å². The van der Waals surface area contributed by atoms with Crippen LogP contribution in [0.15, 0.2) is 30.5 Å². The molecular weight excluding hydrogens is 219 g/mol. The van der Waals surface area contributed by atoms with E-state index < -0.39 is 0 Å². The highest BCUT2D eigenvalue weighted by atomic mass is 19.1. The molecule has 0 fully saturated rings. The summed E-state index contributed by atoms with van der Waals surface area (Å²) in [6.07, 6.45) is 2.54. The second-order valence-corrected chi connectivity index (χ2v) is 3.91. The van der Waals surface area contributed by atoms with Crippen molar-refractivity contribution in [3.05, 3.63) is 47.5 Å². The van der Waals surface area contributed by atoms with Crippen molar-refractivity contribution in [3.8, 4) is 0 Å². The van der Waals surface area contributed by atoms with Gasteiger partial charge in [0, 0.05) is 13.6 Å². The average Bonchev–Trinajstić information content (AvgIpc) is 2.71. The van der Waals surface area contributed by atoms with E-state index >= 15 is 0 Å². The van der Waals surface area contributed by atoms with Gasteiger partial charge in [0.15, 0.2) is 0 Å². The molecule has 0 atom stereocenters. The van der Waals surface area contributed by atoms with Gasteiger partial charge in [-0.1, -0.05) is 17.3 Å². The van der Waals surface area contributed by atoms with E-state index in [1.54, 1.807) is 23.0 Å². The van der Waals surface area contributed by atoms with Crippen LogP contribution in [-0.4, -0.2) is 21.5 Å². The maximum absolute atomic E-state index is 12.9. The fourth-order valence-corrected chi connectivity index (χ4v) is 1.61. The van der Waals surface area contributed by atoms with Gasteiger partial charge in [-0.05, 0) is 30.7 Å². The third kappa shape index (κ3) is 3.35. The molecule has 0 bridgehead atoms. The van der Waals surface area contributed by atoms with Gasteiger partial charge in [-0.3, -0.25) is 4.68 Å². The summed E-state index contributed by atoms with van der Waals surface area (Å²) in [5, 5.41) is 10.9. The monoisotopic (exact) mass is 234 g/mol. The Morgan fingerprint density at radius 2 is 2.29 bits per heavy atom. The van der Waals surface area contributed by atoms with E-state index in [1.165, 1.54) is 6.07 Å². The van der Waals surface area contributed by atoms with Crippen molar-refractivity contribution in [3.63, 3.8) is 0 Å². The number of aryl methyl sites for hydroxylation is 1. The number of hydrogen-bond donors (Lipinski definition) is 1. The van der Waals surface area contributed by atoms with E-state index in [2.05, 4.69) is 15.6 Å². The highest BCUT2D eigenvalue weighted by Crippen LogP contribution is 2.03. The van der Waals surface area contributed by atoms with Gasteiger partial charge in [-0.2, -0.15) is 0 Å². The van der Waals surface area contributed by atoms with Crippen molar-refractivity contribution in [2.75, 3.05) is 6.54 Å². The number of aromatic nitrogens is 3.